The average molecular weight is 279 g/mol. The molecule has 4 heteroatoms. The predicted molar refractivity (Wildman–Crippen MR) is 75.1 cm³/mol. The van der Waals surface area contributed by atoms with Gasteiger partial charge < -0.3 is 10.0 Å². The molecule has 1 atom stereocenters. The van der Waals surface area contributed by atoms with E-state index in [1.165, 1.54) is 19.3 Å². The standard InChI is InChI=1S/C16H25NO3/c1-10(15(19)20)9-17(11(2)18)16-6-12-3-13(7-16)5-14(4-12)8-16/h10,12-14H,3-9H2,1-2H3,(H,19,20). The zero-order valence-corrected chi connectivity index (χ0v) is 12.5. The summed E-state index contributed by atoms with van der Waals surface area (Å²) in [6, 6.07) is 0. The zero-order chi connectivity index (χ0) is 14.5. The van der Waals surface area contributed by atoms with Crippen molar-refractivity contribution >= 4 is 11.9 Å². The third-order valence-corrected chi connectivity index (χ3v) is 5.84. The maximum absolute atomic E-state index is 12.2. The van der Waals surface area contributed by atoms with E-state index in [9.17, 15) is 9.59 Å². The van der Waals surface area contributed by atoms with Crippen LogP contribution in [0.4, 0.5) is 0 Å². The van der Waals surface area contributed by atoms with Crippen molar-refractivity contribution in [2.24, 2.45) is 23.7 Å². The molecule has 0 aromatic rings. The molecular weight excluding hydrogens is 254 g/mol. The second-order valence-electron chi connectivity index (χ2n) is 7.51. The van der Waals surface area contributed by atoms with Crippen LogP contribution in [-0.4, -0.2) is 34.0 Å². The molecule has 4 rings (SSSR count). The molecule has 1 amide bonds. The van der Waals surface area contributed by atoms with Gasteiger partial charge in [0.2, 0.25) is 5.91 Å². The predicted octanol–water partition coefficient (Wildman–Crippen LogP) is 2.52. The first kappa shape index (κ1) is 13.9. The van der Waals surface area contributed by atoms with Crippen LogP contribution in [0.1, 0.15) is 52.4 Å². The van der Waals surface area contributed by atoms with Crippen molar-refractivity contribution in [2.75, 3.05) is 6.54 Å². The van der Waals surface area contributed by atoms with Gasteiger partial charge in [0.1, 0.15) is 0 Å². The zero-order valence-electron chi connectivity index (χ0n) is 12.5. The number of amides is 1. The lowest BCUT2D eigenvalue weighted by atomic mass is 9.52. The van der Waals surface area contributed by atoms with Crippen LogP contribution in [-0.2, 0) is 9.59 Å². The number of hydrogen-bond acceptors (Lipinski definition) is 2. The van der Waals surface area contributed by atoms with E-state index in [2.05, 4.69) is 0 Å². The van der Waals surface area contributed by atoms with Gasteiger partial charge in [0.15, 0.2) is 0 Å². The second-order valence-corrected chi connectivity index (χ2v) is 7.51. The Labute approximate surface area is 120 Å². The molecule has 4 aliphatic rings. The van der Waals surface area contributed by atoms with Crippen molar-refractivity contribution in [1.82, 2.24) is 4.90 Å². The van der Waals surface area contributed by atoms with Gasteiger partial charge in [-0.2, -0.15) is 0 Å². The Bertz CT molecular complexity index is 396. The van der Waals surface area contributed by atoms with Crippen molar-refractivity contribution in [1.29, 1.82) is 0 Å². The summed E-state index contributed by atoms with van der Waals surface area (Å²) in [5.41, 5.74) is -0.0235. The second kappa shape index (κ2) is 4.74. The molecular formula is C16H25NO3. The lowest BCUT2D eigenvalue weighted by molar-refractivity contribution is -0.154. The molecule has 4 aliphatic carbocycles. The molecule has 1 unspecified atom stereocenters. The van der Waals surface area contributed by atoms with Crippen molar-refractivity contribution in [2.45, 2.75) is 57.9 Å². The van der Waals surface area contributed by atoms with E-state index in [0.29, 0.717) is 6.54 Å². The van der Waals surface area contributed by atoms with Gasteiger partial charge in [-0.05, 0) is 56.3 Å². The Morgan fingerprint density at radius 1 is 1.15 bits per heavy atom. The first-order chi connectivity index (χ1) is 9.39. The van der Waals surface area contributed by atoms with Gasteiger partial charge in [-0.25, -0.2) is 0 Å². The summed E-state index contributed by atoms with van der Waals surface area (Å²) in [6.45, 7) is 3.68. The van der Waals surface area contributed by atoms with E-state index >= 15 is 0 Å². The van der Waals surface area contributed by atoms with E-state index in [4.69, 9.17) is 5.11 Å². The van der Waals surface area contributed by atoms with Gasteiger partial charge in [-0.15, -0.1) is 0 Å². The molecule has 0 heterocycles. The minimum atomic E-state index is -0.805. The summed E-state index contributed by atoms with van der Waals surface area (Å²) in [7, 11) is 0. The van der Waals surface area contributed by atoms with Crippen molar-refractivity contribution in [3.63, 3.8) is 0 Å². The molecule has 4 saturated carbocycles. The molecule has 20 heavy (non-hydrogen) atoms. The Morgan fingerprint density at radius 3 is 1.95 bits per heavy atom. The number of carbonyl (C=O) groups is 2. The number of carboxylic acids is 1. The maximum atomic E-state index is 12.2. The van der Waals surface area contributed by atoms with E-state index in [1.807, 2.05) is 4.90 Å². The Kier molecular flexibility index (Phi) is 3.30. The maximum Gasteiger partial charge on any atom is 0.308 e. The van der Waals surface area contributed by atoms with Gasteiger partial charge in [0, 0.05) is 19.0 Å². The first-order valence-corrected chi connectivity index (χ1v) is 7.90. The van der Waals surface area contributed by atoms with E-state index in [0.717, 1.165) is 37.0 Å². The molecule has 4 bridgehead atoms. The Balaban J connectivity index is 1.83. The summed E-state index contributed by atoms with van der Waals surface area (Å²) in [6.07, 6.45) is 7.30. The fourth-order valence-electron chi connectivity index (χ4n) is 5.40. The molecule has 0 aromatic heterocycles. The number of carboxylic acid groups (broad SMARTS) is 1. The third-order valence-electron chi connectivity index (χ3n) is 5.84. The average Bonchev–Trinajstić information content (AvgIpc) is 2.33. The smallest absolute Gasteiger partial charge is 0.308 e. The van der Waals surface area contributed by atoms with Crippen LogP contribution >= 0.6 is 0 Å². The molecule has 4 fully saturated rings. The highest BCUT2D eigenvalue weighted by molar-refractivity contribution is 5.76. The van der Waals surface area contributed by atoms with Crippen LogP contribution in [0.15, 0.2) is 0 Å². The fourth-order valence-corrected chi connectivity index (χ4v) is 5.40. The fraction of sp³-hybridized carbons (Fsp3) is 0.875. The van der Waals surface area contributed by atoms with Crippen LogP contribution in [0.5, 0.6) is 0 Å². The number of carbonyl (C=O) groups excluding carboxylic acids is 1. The highest BCUT2D eigenvalue weighted by Crippen LogP contribution is 2.57. The highest BCUT2D eigenvalue weighted by atomic mass is 16.4. The van der Waals surface area contributed by atoms with Crippen molar-refractivity contribution in [3.8, 4) is 0 Å². The molecule has 0 aliphatic heterocycles. The first-order valence-electron chi connectivity index (χ1n) is 7.90. The summed E-state index contributed by atoms with van der Waals surface area (Å²) < 4.78 is 0. The SMILES string of the molecule is CC(=O)N(CC(C)C(=O)O)C12CC3CC(CC(C3)C1)C2. The summed E-state index contributed by atoms with van der Waals surface area (Å²) >= 11 is 0. The number of aliphatic carboxylic acids is 1. The lowest BCUT2D eigenvalue weighted by Crippen LogP contribution is -2.62. The van der Waals surface area contributed by atoms with Crippen LogP contribution in [0.25, 0.3) is 0 Å². The quantitative estimate of drug-likeness (QED) is 0.860. The summed E-state index contributed by atoms with van der Waals surface area (Å²) in [5.74, 6) is 1.07. The van der Waals surface area contributed by atoms with Crippen LogP contribution < -0.4 is 0 Å². The molecule has 1 N–H and O–H groups in total. The summed E-state index contributed by atoms with van der Waals surface area (Å²) in [5, 5.41) is 9.16. The molecule has 112 valence electrons. The summed E-state index contributed by atoms with van der Waals surface area (Å²) in [4.78, 5) is 25.2. The topological polar surface area (TPSA) is 57.6 Å². The molecule has 4 nitrogen and oxygen atoms in total. The lowest BCUT2D eigenvalue weighted by Gasteiger charge is -2.60. The largest absolute Gasteiger partial charge is 0.481 e. The van der Waals surface area contributed by atoms with Gasteiger partial charge in [-0.1, -0.05) is 6.92 Å². The Morgan fingerprint density at radius 2 is 1.60 bits per heavy atom. The monoisotopic (exact) mass is 279 g/mol. The minimum Gasteiger partial charge on any atom is -0.481 e. The molecule has 0 aromatic carbocycles. The van der Waals surface area contributed by atoms with Crippen LogP contribution in [0.2, 0.25) is 0 Å². The number of nitrogens with zero attached hydrogens (tertiary/aromatic N) is 1. The number of hydrogen-bond donors (Lipinski definition) is 1. The van der Waals surface area contributed by atoms with Crippen LogP contribution in [0, 0.1) is 23.7 Å². The highest BCUT2D eigenvalue weighted by Gasteiger charge is 2.54. The van der Waals surface area contributed by atoms with E-state index < -0.39 is 11.9 Å². The molecule has 0 spiro atoms. The van der Waals surface area contributed by atoms with Gasteiger partial charge >= 0.3 is 5.97 Å². The molecule has 0 radical (unpaired) electrons. The molecule has 0 saturated heterocycles. The normalized spacial score (nSPS) is 39.6. The number of rotatable bonds is 4. The van der Waals surface area contributed by atoms with Crippen molar-refractivity contribution < 1.29 is 14.7 Å². The van der Waals surface area contributed by atoms with Gasteiger partial charge in [-0.3, -0.25) is 9.59 Å². The van der Waals surface area contributed by atoms with E-state index in [1.54, 1.807) is 13.8 Å². The third kappa shape index (κ3) is 2.23. The van der Waals surface area contributed by atoms with Crippen LogP contribution in [0.3, 0.4) is 0 Å². The Hall–Kier alpha value is -1.06. The van der Waals surface area contributed by atoms with Gasteiger partial charge in [0.25, 0.3) is 0 Å². The van der Waals surface area contributed by atoms with E-state index in [-0.39, 0.29) is 11.4 Å². The van der Waals surface area contributed by atoms with Gasteiger partial charge in [0.05, 0.1) is 5.92 Å². The van der Waals surface area contributed by atoms with Crippen molar-refractivity contribution in [3.05, 3.63) is 0 Å². The minimum absolute atomic E-state index is 0.0235.